The Bertz CT molecular complexity index is 639. The van der Waals surface area contributed by atoms with E-state index in [-0.39, 0.29) is 6.03 Å². The third-order valence-corrected chi connectivity index (χ3v) is 5.59. The predicted octanol–water partition coefficient (Wildman–Crippen LogP) is 1.92. The molecule has 1 spiro atoms. The molecule has 25 heavy (non-hydrogen) atoms. The molecule has 0 radical (unpaired) electrons. The first-order valence-corrected chi connectivity index (χ1v) is 9.24. The molecule has 1 aromatic rings. The van der Waals surface area contributed by atoms with Crippen LogP contribution in [0.1, 0.15) is 55.1 Å². The third-order valence-electron chi connectivity index (χ3n) is 5.59. The Morgan fingerprint density at radius 2 is 2.20 bits per heavy atom. The summed E-state index contributed by atoms with van der Waals surface area (Å²) in [4.78, 5) is 23.3. The van der Waals surface area contributed by atoms with Gasteiger partial charge >= 0.3 is 6.03 Å². The first-order valence-electron chi connectivity index (χ1n) is 9.24. The number of hydrogen-bond acceptors (Lipinski definition) is 5. The second-order valence-electron chi connectivity index (χ2n) is 7.29. The number of carbonyl (C=O) groups is 1. The minimum absolute atomic E-state index is 0.0699. The molecule has 1 N–H and O–H groups in total. The maximum Gasteiger partial charge on any atom is 0.317 e. The van der Waals surface area contributed by atoms with Gasteiger partial charge in [-0.05, 0) is 12.8 Å². The minimum atomic E-state index is -0.404. The van der Waals surface area contributed by atoms with Crippen LogP contribution in [0, 0.1) is 0 Å². The molecule has 3 aliphatic rings. The molecule has 1 aromatic heterocycles. The third kappa shape index (κ3) is 3.11. The molecule has 0 atom stereocenters. The molecule has 7 heteroatoms. The maximum atomic E-state index is 12.1. The van der Waals surface area contributed by atoms with Gasteiger partial charge in [-0.3, -0.25) is 0 Å². The standard InChI is InChI=1S/C18H26N4O3/c1-24-8-7-19-17(23)22-11-18(12-22)14-9-20-16(21-15(14)10-25-18)13-5-3-2-4-6-13/h9,13H,2-8,10-12H2,1H3,(H,19,23). The summed E-state index contributed by atoms with van der Waals surface area (Å²) in [5.41, 5.74) is 1.67. The number of nitrogens with one attached hydrogen (secondary N) is 1. The molecule has 3 heterocycles. The van der Waals surface area contributed by atoms with Crippen LogP contribution in [0.2, 0.25) is 0 Å². The van der Waals surface area contributed by atoms with Crippen LogP contribution >= 0.6 is 0 Å². The molecule has 7 nitrogen and oxygen atoms in total. The summed E-state index contributed by atoms with van der Waals surface area (Å²) in [5, 5.41) is 2.84. The lowest BCUT2D eigenvalue weighted by atomic mass is 9.86. The summed E-state index contributed by atoms with van der Waals surface area (Å²) in [6.45, 7) is 2.68. The Morgan fingerprint density at radius 1 is 1.40 bits per heavy atom. The van der Waals surface area contributed by atoms with E-state index in [4.69, 9.17) is 14.5 Å². The highest BCUT2D eigenvalue weighted by molar-refractivity contribution is 5.75. The zero-order valence-electron chi connectivity index (χ0n) is 14.8. The van der Waals surface area contributed by atoms with E-state index in [9.17, 15) is 4.79 Å². The van der Waals surface area contributed by atoms with Gasteiger partial charge in [-0.25, -0.2) is 14.8 Å². The number of ether oxygens (including phenoxy) is 2. The first kappa shape index (κ1) is 16.7. The van der Waals surface area contributed by atoms with Crippen LogP contribution in [0.15, 0.2) is 6.20 Å². The SMILES string of the molecule is COCCNC(=O)N1CC2(C1)OCc1nc(C3CCCCC3)ncc12. The number of fused-ring (bicyclic) bond motifs is 2. The molecule has 2 fully saturated rings. The highest BCUT2D eigenvalue weighted by atomic mass is 16.5. The number of hydrogen-bond donors (Lipinski definition) is 1. The van der Waals surface area contributed by atoms with Crippen molar-refractivity contribution >= 4 is 6.03 Å². The van der Waals surface area contributed by atoms with Crippen molar-refractivity contribution < 1.29 is 14.3 Å². The number of nitrogens with zero attached hydrogens (tertiary/aromatic N) is 3. The fraction of sp³-hybridized carbons (Fsp3) is 0.722. The van der Waals surface area contributed by atoms with Crippen LogP contribution in [0.25, 0.3) is 0 Å². The second-order valence-corrected chi connectivity index (χ2v) is 7.29. The lowest BCUT2D eigenvalue weighted by Crippen LogP contribution is -2.63. The summed E-state index contributed by atoms with van der Waals surface area (Å²) in [6, 6.07) is -0.0699. The predicted molar refractivity (Wildman–Crippen MR) is 91.2 cm³/mol. The zero-order valence-corrected chi connectivity index (χ0v) is 14.8. The van der Waals surface area contributed by atoms with Crippen LogP contribution in [0.5, 0.6) is 0 Å². The summed E-state index contributed by atoms with van der Waals surface area (Å²) >= 11 is 0. The molecular weight excluding hydrogens is 320 g/mol. The van der Waals surface area contributed by atoms with Crippen molar-refractivity contribution in [2.75, 3.05) is 33.4 Å². The fourth-order valence-corrected chi connectivity index (χ4v) is 4.11. The average molecular weight is 346 g/mol. The van der Waals surface area contributed by atoms with Gasteiger partial charge in [0.1, 0.15) is 11.4 Å². The van der Waals surface area contributed by atoms with E-state index in [1.165, 1.54) is 32.1 Å². The Kier molecular flexibility index (Phi) is 4.60. The number of urea groups is 1. The Hall–Kier alpha value is -1.73. The number of amides is 2. The Balaban J connectivity index is 1.40. The monoisotopic (exact) mass is 346 g/mol. The van der Waals surface area contributed by atoms with E-state index in [1.807, 2.05) is 6.20 Å². The van der Waals surface area contributed by atoms with Gasteiger partial charge in [0.05, 0.1) is 32.0 Å². The van der Waals surface area contributed by atoms with E-state index in [2.05, 4.69) is 10.3 Å². The van der Waals surface area contributed by atoms with Crippen molar-refractivity contribution in [3.05, 3.63) is 23.3 Å². The van der Waals surface area contributed by atoms with Crippen molar-refractivity contribution in [2.45, 2.75) is 50.2 Å². The van der Waals surface area contributed by atoms with Gasteiger partial charge in [0, 0.05) is 31.3 Å². The molecule has 2 aliphatic heterocycles. The molecule has 0 bridgehead atoms. The molecule has 136 valence electrons. The summed E-state index contributed by atoms with van der Waals surface area (Å²) in [7, 11) is 1.62. The number of likely N-dealkylation sites (tertiary alicyclic amines) is 1. The van der Waals surface area contributed by atoms with E-state index in [1.54, 1.807) is 12.0 Å². The molecule has 2 amide bonds. The van der Waals surface area contributed by atoms with Gasteiger partial charge < -0.3 is 19.7 Å². The van der Waals surface area contributed by atoms with Crippen LogP contribution in [-0.2, 0) is 21.7 Å². The molecular formula is C18H26N4O3. The number of aromatic nitrogens is 2. The topological polar surface area (TPSA) is 76.6 Å². The van der Waals surface area contributed by atoms with Crippen LogP contribution in [0.3, 0.4) is 0 Å². The van der Waals surface area contributed by atoms with Crippen LogP contribution in [0.4, 0.5) is 4.79 Å². The molecule has 0 unspecified atom stereocenters. The maximum absolute atomic E-state index is 12.1. The first-order chi connectivity index (χ1) is 12.2. The van der Waals surface area contributed by atoms with Gasteiger partial charge in [0.25, 0.3) is 0 Å². The summed E-state index contributed by atoms with van der Waals surface area (Å²) in [5.74, 6) is 1.48. The van der Waals surface area contributed by atoms with Crippen molar-refractivity contribution in [2.24, 2.45) is 0 Å². The van der Waals surface area contributed by atoms with E-state index in [0.29, 0.717) is 38.8 Å². The smallest absolute Gasteiger partial charge is 0.317 e. The van der Waals surface area contributed by atoms with Crippen molar-refractivity contribution in [1.82, 2.24) is 20.2 Å². The quantitative estimate of drug-likeness (QED) is 0.843. The van der Waals surface area contributed by atoms with Gasteiger partial charge in [0.2, 0.25) is 0 Å². The van der Waals surface area contributed by atoms with Gasteiger partial charge in [-0.15, -0.1) is 0 Å². The largest absolute Gasteiger partial charge is 0.383 e. The molecule has 0 aromatic carbocycles. The van der Waals surface area contributed by atoms with E-state index in [0.717, 1.165) is 17.1 Å². The zero-order chi connectivity index (χ0) is 17.3. The summed E-state index contributed by atoms with van der Waals surface area (Å²) in [6.07, 6.45) is 8.22. The van der Waals surface area contributed by atoms with Gasteiger partial charge in [-0.2, -0.15) is 0 Å². The molecule has 1 saturated heterocycles. The minimum Gasteiger partial charge on any atom is -0.383 e. The number of rotatable bonds is 4. The Morgan fingerprint density at radius 3 is 2.96 bits per heavy atom. The van der Waals surface area contributed by atoms with Crippen LogP contribution in [-0.4, -0.2) is 54.2 Å². The van der Waals surface area contributed by atoms with E-state index >= 15 is 0 Å². The highest BCUT2D eigenvalue weighted by Crippen LogP contribution is 2.43. The average Bonchev–Trinajstić information content (AvgIpc) is 3.00. The molecule has 4 rings (SSSR count). The van der Waals surface area contributed by atoms with Crippen molar-refractivity contribution in [3.8, 4) is 0 Å². The van der Waals surface area contributed by atoms with Crippen molar-refractivity contribution in [3.63, 3.8) is 0 Å². The van der Waals surface area contributed by atoms with Crippen molar-refractivity contribution in [1.29, 1.82) is 0 Å². The number of methoxy groups -OCH3 is 1. The van der Waals surface area contributed by atoms with Crippen LogP contribution < -0.4 is 5.32 Å². The fourth-order valence-electron chi connectivity index (χ4n) is 4.11. The molecule has 1 aliphatic carbocycles. The van der Waals surface area contributed by atoms with Gasteiger partial charge in [0.15, 0.2) is 0 Å². The normalized spacial score (nSPS) is 21.9. The summed E-state index contributed by atoms with van der Waals surface area (Å²) < 4.78 is 11.0. The van der Waals surface area contributed by atoms with Gasteiger partial charge in [-0.1, -0.05) is 19.3 Å². The second kappa shape index (κ2) is 6.88. The highest BCUT2D eigenvalue weighted by Gasteiger charge is 2.52. The lowest BCUT2D eigenvalue weighted by molar-refractivity contribution is -0.124. The Labute approximate surface area is 148 Å². The van der Waals surface area contributed by atoms with E-state index < -0.39 is 5.60 Å². The lowest BCUT2D eigenvalue weighted by Gasteiger charge is -2.46. The number of carbonyl (C=O) groups excluding carboxylic acids is 1. The molecule has 1 saturated carbocycles.